The normalized spacial score (nSPS) is 12.1. The molecule has 0 aromatic heterocycles. The van der Waals surface area contributed by atoms with Gasteiger partial charge in [-0.1, -0.05) is 60.1 Å². The van der Waals surface area contributed by atoms with E-state index in [2.05, 4.69) is 34.9 Å². The van der Waals surface area contributed by atoms with Crippen LogP contribution in [0.5, 0.6) is 0 Å². The van der Waals surface area contributed by atoms with E-state index in [1.807, 2.05) is 31.2 Å². The predicted octanol–water partition coefficient (Wildman–Crippen LogP) is 5.13. The SMILES string of the molecule is Cc1cc(NC(=O)CNC(=O)OCC2c3ccccc3-c3ccccc32)ccc1Cl. The topological polar surface area (TPSA) is 67.4 Å². The van der Waals surface area contributed by atoms with Crippen molar-refractivity contribution in [1.82, 2.24) is 5.32 Å². The number of hydrogen-bond acceptors (Lipinski definition) is 3. The Hall–Kier alpha value is -3.31. The molecule has 0 bridgehead atoms. The molecule has 152 valence electrons. The summed E-state index contributed by atoms with van der Waals surface area (Å²) < 4.78 is 5.43. The summed E-state index contributed by atoms with van der Waals surface area (Å²) in [4.78, 5) is 24.2. The minimum atomic E-state index is -0.626. The van der Waals surface area contributed by atoms with Crippen molar-refractivity contribution in [3.8, 4) is 11.1 Å². The van der Waals surface area contributed by atoms with E-state index in [0.717, 1.165) is 16.7 Å². The van der Waals surface area contributed by atoms with Gasteiger partial charge in [0.2, 0.25) is 5.91 Å². The van der Waals surface area contributed by atoms with Gasteiger partial charge in [-0.25, -0.2) is 4.79 Å². The van der Waals surface area contributed by atoms with Crippen LogP contribution in [0.3, 0.4) is 0 Å². The van der Waals surface area contributed by atoms with E-state index in [1.54, 1.807) is 18.2 Å². The maximum Gasteiger partial charge on any atom is 0.407 e. The molecular weight excluding hydrogens is 400 g/mol. The van der Waals surface area contributed by atoms with Gasteiger partial charge in [-0.15, -0.1) is 0 Å². The predicted molar refractivity (Wildman–Crippen MR) is 118 cm³/mol. The van der Waals surface area contributed by atoms with E-state index in [0.29, 0.717) is 10.7 Å². The van der Waals surface area contributed by atoms with Crippen LogP contribution in [0.4, 0.5) is 10.5 Å². The molecule has 0 saturated heterocycles. The van der Waals surface area contributed by atoms with Crippen LogP contribution in [-0.4, -0.2) is 25.2 Å². The van der Waals surface area contributed by atoms with Crippen molar-refractivity contribution < 1.29 is 14.3 Å². The first-order valence-electron chi connectivity index (χ1n) is 9.68. The number of aryl methyl sites for hydroxylation is 1. The van der Waals surface area contributed by atoms with Gasteiger partial charge < -0.3 is 15.4 Å². The summed E-state index contributed by atoms with van der Waals surface area (Å²) in [5, 5.41) is 5.85. The van der Waals surface area contributed by atoms with Crippen LogP contribution in [0, 0.1) is 6.92 Å². The zero-order chi connectivity index (χ0) is 21.1. The van der Waals surface area contributed by atoms with Gasteiger partial charge in [0.25, 0.3) is 0 Å². The second-order valence-corrected chi connectivity index (χ2v) is 7.60. The molecule has 5 nitrogen and oxygen atoms in total. The molecule has 0 saturated carbocycles. The Labute approximate surface area is 180 Å². The largest absolute Gasteiger partial charge is 0.449 e. The summed E-state index contributed by atoms with van der Waals surface area (Å²) in [7, 11) is 0. The van der Waals surface area contributed by atoms with Gasteiger partial charge in [-0.2, -0.15) is 0 Å². The van der Waals surface area contributed by atoms with Gasteiger partial charge in [0.05, 0.1) is 0 Å². The summed E-state index contributed by atoms with van der Waals surface area (Å²) in [6, 6.07) is 21.5. The fourth-order valence-corrected chi connectivity index (χ4v) is 3.85. The fraction of sp³-hybridized carbons (Fsp3) is 0.167. The van der Waals surface area contributed by atoms with Crippen molar-refractivity contribution in [3.05, 3.63) is 88.4 Å². The number of nitrogens with one attached hydrogen (secondary N) is 2. The van der Waals surface area contributed by atoms with Crippen molar-refractivity contribution in [1.29, 1.82) is 0 Å². The smallest absolute Gasteiger partial charge is 0.407 e. The highest BCUT2D eigenvalue weighted by Crippen LogP contribution is 2.44. The van der Waals surface area contributed by atoms with Crippen LogP contribution >= 0.6 is 11.6 Å². The van der Waals surface area contributed by atoms with Crippen LogP contribution in [0.25, 0.3) is 11.1 Å². The molecule has 0 heterocycles. The lowest BCUT2D eigenvalue weighted by Crippen LogP contribution is -2.34. The molecule has 2 N–H and O–H groups in total. The number of halogens is 1. The standard InChI is InChI=1S/C24H21ClN2O3/c1-15-12-16(10-11-22(15)25)27-23(28)13-26-24(29)30-14-21-19-8-4-2-6-17(19)18-7-3-5-9-20(18)21/h2-12,21H,13-14H2,1H3,(H,26,29)(H,27,28). The number of carbonyl (C=O) groups is 2. The van der Waals surface area contributed by atoms with Crippen molar-refractivity contribution in [2.75, 3.05) is 18.5 Å². The molecule has 4 rings (SSSR count). The maximum absolute atomic E-state index is 12.1. The lowest BCUT2D eigenvalue weighted by Gasteiger charge is -2.14. The van der Waals surface area contributed by atoms with E-state index < -0.39 is 6.09 Å². The minimum Gasteiger partial charge on any atom is -0.449 e. The molecule has 30 heavy (non-hydrogen) atoms. The summed E-state index contributed by atoms with van der Waals surface area (Å²) in [5.41, 5.74) is 6.10. The third-order valence-corrected chi connectivity index (χ3v) is 5.60. The zero-order valence-corrected chi connectivity index (χ0v) is 17.2. The lowest BCUT2D eigenvalue weighted by atomic mass is 9.98. The Bertz CT molecular complexity index is 1070. The highest BCUT2D eigenvalue weighted by molar-refractivity contribution is 6.31. The number of amides is 2. The van der Waals surface area contributed by atoms with E-state index >= 15 is 0 Å². The zero-order valence-electron chi connectivity index (χ0n) is 16.4. The monoisotopic (exact) mass is 420 g/mol. The molecule has 0 aliphatic heterocycles. The van der Waals surface area contributed by atoms with E-state index in [9.17, 15) is 9.59 Å². The summed E-state index contributed by atoms with van der Waals surface area (Å²) in [5.74, 6) is -0.362. The first-order valence-corrected chi connectivity index (χ1v) is 10.1. The number of alkyl carbamates (subject to hydrolysis) is 1. The Morgan fingerprint density at radius 3 is 2.23 bits per heavy atom. The van der Waals surface area contributed by atoms with Gasteiger partial charge in [0.15, 0.2) is 0 Å². The summed E-state index contributed by atoms with van der Waals surface area (Å²) in [6.07, 6.45) is -0.626. The van der Waals surface area contributed by atoms with E-state index in [4.69, 9.17) is 16.3 Å². The Morgan fingerprint density at radius 1 is 0.967 bits per heavy atom. The number of benzene rings is 3. The molecule has 0 unspecified atom stereocenters. The van der Waals surface area contributed by atoms with Crippen LogP contribution in [0.15, 0.2) is 66.7 Å². The number of anilines is 1. The molecule has 0 fully saturated rings. The molecule has 1 aliphatic carbocycles. The number of ether oxygens (including phenoxy) is 1. The molecular formula is C24H21ClN2O3. The molecule has 1 aliphatic rings. The maximum atomic E-state index is 12.1. The average Bonchev–Trinajstić information content (AvgIpc) is 3.07. The van der Waals surface area contributed by atoms with Crippen molar-refractivity contribution >= 4 is 29.3 Å². The van der Waals surface area contributed by atoms with Crippen molar-refractivity contribution in [3.63, 3.8) is 0 Å². The number of carbonyl (C=O) groups excluding carboxylic acids is 2. The molecule has 0 atom stereocenters. The highest BCUT2D eigenvalue weighted by atomic mass is 35.5. The molecule has 3 aromatic carbocycles. The van der Waals surface area contributed by atoms with Crippen LogP contribution in [0.1, 0.15) is 22.6 Å². The molecule has 6 heteroatoms. The number of fused-ring (bicyclic) bond motifs is 3. The Kier molecular flexibility index (Phi) is 5.72. The fourth-order valence-electron chi connectivity index (χ4n) is 3.73. The van der Waals surface area contributed by atoms with Crippen LogP contribution < -0.4 is 10.6 Å². The van der Waals surface area contributed by atoms with Gasteiger partial charge in [-0.3, -0.25) is 4.79 Å². The van der Waals surface area contributed by atoms with Crippen LogP contribution in [-0.2, 0) is 9.53 Å². The van der Waals surface area contributed by atoms with Crippen LogP contribution in [0.2, 0.25) is 5.02 Å². The lowest BCUT2D eigenvalue weighted by molar-refractivity contribution is -0.115. The molecule has 0 spiro atoms. The van der Waals surface area contributed by atoms with Crippen molar-refractivity contribution in [2.24, 2.45) is 0 Å². The first kappa shape index (κ1) is 20.0. The Morgan fingerprint density at radius 2 is 1.60 bits per heavy atom. The number of hydrogen-bond donors (Lipinski definition) is 2. The van der Waals surface area contributed by atoms with E-state index in [-0.39, 0.29) is 25.0 Å². The third kappa shape index (κ3) is 4.16. The second kappa shape index (κ2) is 8.59. The Balaban J connectivity index is 1.32. The highest BCUT2D eigenvalue weighted by Gasteiger charge is 2.29. The quantitative estimate of drug-likeness (QED) is 0.601. The van der Waals surface area contributed by atoms with Gasteiger partial charge in [-0.05, 0) is 52.9 Å². The average molecular weight is 421 g/mol. The molecule has 2 amide bonds. The molecule has 0 radical (unpaired) electrons. The van der Waals surface area contributed by atoms with Gasteiger partial charge in [0, 0.05) is 16.6 Å². The van der Waals surface area contributed by atoms with Crippen molar-refractivity contribution in [2.45, 2.75) is 12.8 Å². The summed E-state index contributed by atoms with van der Waals surface area (Å²) >= 11 is 5.99. The van der Waals surface area contributed by atoms with Gasteiger partial charge in [0.1, 0.15) is 13.2 Å². The van der Waals surface area contributed by atoms with E-state index in [1.165, 1.54) is 11.1 Å². The molecule has 3 aromatic rings. The third-order valence-electron chi connectivity index (χ3n) is 5.18. The number of rotatable bonds is 5. The minimum absolute atomic E-state index is 0.0194. The summed E-state index contributed by atoms with van der Waals surface area (Å²) in [6.45, 7) is 1.88. The van der Waals surface area contributed by atoms with Gasteiger partial charge >= 0.3 is 6.09 Å². The second-order valence-electron chi connectivity index (χ2n) is 7.19. The first-order chi connectivity index (χ1) is 14.5.